The van der Waals surface area contributed by atoms with E-state index in [4.69, 9.17) is 9.84 Å². The lowest BCUT2D eigenvalue weighted by atomic mass is 10.2. The van der Waals surface area contributed by atoms with Gasteiger partial charge >= 0.3 is 0 Å². The van der Waals surface area contributed by atoms with Crippen molar-refractivity contribution < 1.29 is 28.5 Å². The lowest BCUT2D eigenvalue weighted by Gasteiger charge is -2.12. The van der Waals surface area contributed by atoms with Gasteiger partial charge in [0.05, 0.1) is 12.7 Å². The summed E-state index contributed by atoms with van der Waals surface area (Å²) in [5, 5.41) is 19.3. The number of aliphatic hydroxyl groups excluding tert-OH is 1. The fraction of sp³-hybridized carbons (Fsp3) is 0.364. The number of ether oxygens (including phenoxy) is 1. The highest BCUT2D eigenvalue weighted by atomic mass is 19.2. The van der Waals surface area contributed by atoms with Gasteiger partial charge in [0.1, 0.15) is 0 Å². The standard InChI is InChI=1S/C11H12F2O4/c12-8-2-1-3-9(11(8)13)17-5-4-7(14)6-10(15)16/h1-3,7,14H,4-6H2,(H,15,16)/p-1. The van der Waals surface area contributed by atoms with E-state index in [9.17, 15) is 18.7 Å². The second-order valence-electron chi connectivity index (χ2n) is 3.42. The third-order valence-electron chi connectivity index (χ3n) is 2.03. The number of carbonyl (C=O) groups is 1. The summed E-state index contributed by atoms with van der Waals surface area (Å²) in [6.45, 7) is -0.116. The Morgan fingerprint density at radius 3 is 2.82 bits per heavy atom. The van der Waals surface area contributed by atoms with E-state index < -0.39 is 30.1 Å². The molecule has 0 radical (unpaired) electrons. The minimum atomic E-state index is -1.38. The van der Waals surface area contributed by atoms with Crippen LogP contribution in [0.25, 0.3) is 0 Å². The molecule has 0 aliphatic rings. The Morgan fingerprint density at radius 1 is 1.47 bits per heavy atom. The third-order valence-corrected chi connectivity index (χ3v) is 2.03. The first-order valence-electron chi connectivity index (χ1n) is 4.95. The Labute approximate surface area is 96.5 Å². The Morgan fingerprint density at radius 2 is 2.18 bits per heavy atom. The van der Waals surface area contributed by atoms with Crippen LogP contribution in [0.3, 0.4) is 0 Å². The van der Waals surface area contributed by atoms with Crippen LogP contribution in [0.4, 0.5) is 8.78 Å². The van der Waals surface area contributed by atoms with Crippen LogP contribution >= 0.6 is 0 Å². The second kappa shape index (κ2) is 6.15. The maximum absolute atomic E-state index is 13.1. The van der Waals surface area contributed by atoms with Crippen LogP contribution < -0.4 is 9.84 Å². The summed E-state index contributed by atoms with van der Waals surface area (Å²) in [5.41, 5.74) is 0. The zero-order valence-corrected chi connectivity index (χ0v) is 8.86. The molecule has 17 heavy (non-hydrogen) atoms. The van der Waals surface area contributed by atoms with Gasteiger partial charge in [0, 0.05) is 18.8 Å². The first-order chi connectivity index (χ1) is 8.00. The number of carboxylic acids is 1. The van der Waals surface area contributed by atoms with Crippen LogP contribution in [0.15, 0.2) is 18.2 Å². The van der Waals surface area contributed by atoms with Gasteiger partial charge in [-0.15, -0.1) is 0 Å². The van der Waals surface area contributed by atoms with E-state index in [1.54, 1.807) is 0 Å². The molecule has 4 nitrogen and oxygen atoms in total. The molecule has 0 saturated carbocycles. The fourth-order valence-corrected chi connectivity index (χ4v) is 1.19. The number of carboxylic acid groups (broad SMARTS) is 1. The van der Waals surface area contributed by atoms with E-state index in [1.807, 2.05) is 0 Å². The van der Waals surface area contributed by atoms with Gasteiger partial charge in [-0.3, -0.25) is 0 Å². The van der Waals surface area contributed by atoms with Gasteiger partial charge in [0.15, 0.2) is 11.6 Å². The highest BCUT2D eigenvalue weighted by Gasteiger charge is 2.10. The van der Waals surface area contributed by atoms with Crippen LogP contribution in [0.1, 0.15) is 12.8 Å². The molecule has 1 aromatic rings. The van der Waals surface area contributed by atoms with Crippen LogP contribution in [-0.2, 0) is 4.79 Å². The van der Waals surface area contributed by atoms with Crippen molar-refractivity contribution in [3.63, 3.8) is 0 Å². The van der Waals surface area contributed by atoms with Crippen LogP contribution in [0, 0.1) is 11.6 Å². The average molecular weight is 245 g/mol. The molecule has 0 bridgehead atoms. The van der Waals surface area contributed by atoms with Gasteiger partial charge in [0.25, 0.3) is 0 Å². The first-order valence-corrected chi connectivity index (χ1v) is 4.95. The molecule has 0 amide bonds. The zero-order valence-electron chi connectivity index (χ0n) is 8.86. The topological polar surface area (TPSA) is 69.6 Å². The molecule has 0 saturated heterocycles. The highest BCUT2D eigenvalue weighted by molar-refractivity contribution is 5.64. The van der Waals surface area contributed by atoms with Crippen molar-refractivity contribution in [1.29, 1.82) is 0 Å². The van der Waals surface area contributed by atoms with Crippen LogP contribution in [0.2, 0.25) is 0 Å². The van der Waals surface area contributed by atoms with Gasteiger partial charge in [-0.2, -0.15) is 4.39 Å². The monoisotopic (exact) mass is 245 g/mol. The maximum Gasteiger partial charge on any atom is 0.200 e. The van der Waals surface area contributed by atoms with Crippen molar-refractivity contribution in [2.45, 2.75) is 18.9 Å². The predicted molar refractivity (Wildman–Crippen MR) is 52.1 cm³/mol. The summed E-state index contributed by atoms with van der Waals surface area (Å²) in [6.07, 6.45) is -1.66. The average Bonchev–Trinajstić information content (AvgIpc) is 2.23. The van der Waals surface area contributed by atoms with Crippen molar-refractivity contribution in [2.24, 2.45) is 0 Å². The van der Waals surface area contributed by atoms with Gasteiger partial charge in [-0.25, -0.2) is 4.39 Å². The van der Waals surface area contributed by atoms with Crippen molar-refractivity contribution >= 4 is 5.97 Å². The van der Waals surface area contributed by atoms with Gasteiger partial charge < -0.3 is 19.7 Å². The largest absolute Gasteiger partial charge is 0.550 e. The van der Waals surface area contributed by atoms with Gasteiger partial charge in [-0.1, -0.05) is 6.07 Å². The summed E-state index contributed by atoms with van der Waals surface area (Å²) >= 11 is 0. The molecule has 0 heterocycles. The number of halogens is 2. The zero-order chi connectivity index (χ0) is 12.8. The Balaban J connectivity index is 2.41. The molecule has 1 unspecified atom stereocenters. The molecule has 1 aromatic carbocycles. The molecule has 6 heteroatoms. The highest BCUT2D eigenvalue weighted by Crippen LogP contribution is 2.19. The smallest absolute Gasteiger partial charge is 0.200 e. The van der Waals surface area contributed by atoms with Crippen LogP contribution in [-0.4, -0.2) is 23.8 Å². The van der Waals surface area contributed by atoms with E-state index in [0.717, 1.165) is 6.07 Å². The number of carbonyl (C=O) groups excluding carboxylic acids is 1. The molecule has 0 aliphatic carbocycles. The lowest BCUT2D eigenvalue weighted by Crippen LogP contribution is -2.28. The molecule has 1 rings (SSSR count). The van der Waals surface area contributed by atoms with E-state index in [1.165, 1.54) is 12.1 Å². The number of aliphatic carboxylic acids is 1. The number of hydrogen-bond acceptors (Lipinski definition) is 4. The normalized spacial score (nSPS) is 12.2. The fourth-order valence-electron chi connectivity index (χ4n) is 1.19. The van der Waals surface area contributed by atoms with Gasteiger partial charge in [-0.05, 0) is 12.1 Å². The molecule has 0 aliphatic heterocycles. The summed E-state index contributed by atoms with van der Waals surface area (Å²) < 4.78 is 30.7. The number of rotatable bonds is 6. The summed E-state index contributed by atoms with van der Waals surface area (Å²) in [7, 11) is 0. The minimum absolute atomic E-state index is 0.00999. The minimum Gasteiger partial charge on any atom is -0.550 e. The van der Waals surface area contributed by atoms with Crippen molar-refractivity contribution in [1.82, 2.24) is 0 Å². The lowest BCUT2D eigenvalue weighted by molar-refractivity contribution is -0.307. The molecule has 0 spiro atoms. The van der Waals surface area contributed by atoms with E-state index >= 15 is 0 Å². The molecule has 0 fully saturated rings. The molecule has 94 valence electrons. The Hall–Kier alpha value is -1.69. The molecular formula is C11H11F2O4-. The SMILES string of the molecule is O=C([O-])CC(O)CCOc1cccc(F)c1F. The molecule has 1 atom stereocenters. The van der Waals surface area contributed by atoms with E-state index in [-0.39, 0.29) is 18.8 Å². The number of hydrogen-bond donors (Lipinski definition) is 1. The third kappa shape index (κ3) is 4.36. The van der Waals surface area contributed by atoms with Crippen molar-refractivity contribution in [3.05, 3.63) is 29.8 Å². The summed E-state index contributed by atoms with van der Waals surface area (Å²) in [4.78, 5) is 10.1. The quantitative estimate of drug-likeness (QED) is 0.779. The van der Waals surface area contributed by atoms with Crippen LogP contribution in [0.5, 0.6) is 5.75 Å². The second-order valence-corrected chi connectivity index (χ2v) is 3.42. The number of benzene rings is 1. The van der Waals surface area contributed by atoms with Crippen molar-refractivity contribution in [2.75, 3.05) is 6.61 Å². The van der Waals surface area contributed by atoms with Gasteiger partial charge in [0.2, 0.25) is 5.82 Å². The van der Waals surface area contributed by atoms with E-state index in [2.05, 4.69) is 0 Å². The summed E-state index contributed by atoms with van der Waals surface area (Å²) in [6, 6.07) is 3.47. The summed E-state index contributed by atoms with van der Waals surface area (Å²) in [5.74, 6) is -3.79. The first kappa shape index (κ1) is 13.4. The Bertz CT molecular complexity index is 395. The Kier molecular flexibility index (Phi) is 4.84. The number of aliphatic hydroxyl groups is 1. The molecule has 0 aromatic heterocycles. The van der Waals surface area contributed by atoms with E-state index in [0.29, 0.717) is 0 Å². The maximum atomic E-state index is 13.1. The molecule has 1 N–H and O–H groups in total. The predicted octanol–water partition coefficient (Wildman–Crippen LogP) is 0.235. The molecular weight excluding hydrogens is 234 g/mol. The van der Waals surface area contributed by atoms with Crippen molar-refractivity contribution in [3.8, 4) is 5.75 Å².